The molecular weight excluding hydrogens is 391 g/mol. The molecule has 7 heteroatoms. The number of hydrogen-bond acceptors (Lipinski definition) is 5. The van der Waals surface area contributed by atoms with E-state index in [9.17, 15) is 4.39 Å². The maximum Gasteiger partial charge on any atom is 0.191 e. The second-order valence-electron chi connectivity index (χ2n) is 6.24. The van der Waals surface area contributed by atoms with Crippen molar-refractivity contribution >= 4 is 23.1 Å². The van der Waals surface area contributed by atoms with E-state index in [0.717, 1.165) is 46.0 Å². The molecule has 0 aliphatic heterocycles. The average Bonchev–Trinajstić information content (AvgIpc) is 3.34. The Kier molecular flexibility index (Phi) is 5.83. The van der Waals surface area contributed by atoms with Crippen LogP contribution >= 0.6 is 23.1 Å². The van der Waals surface area contributed by atoms with Crippen LogP contribution in [0.2, 0.25) is 0 Å². The third-order valence-electron chi connectivity index (χ3n) is 4.31. The van der Waals surface area contributed by atoms with Gasteiger partial charge in [-0.15, -0.1) is 21.5 Å². The van der Waals surface area contributed by atoms with Crippen molar-refractivity contribution in [1.29, 1.82) is 0 Å². The van der Waals surface area contributed by atoms with E-state index in [0.29, 0.717) is 0 Å². The van der Waals surface area contributed by atoms with Crippen LogP contribution in [0.4, 0.5) is 4.39 Å². The molecule has 0 unspecified atom stereocenters. The summed E-state index contributed by atoms with van der Waals surface area (Å²) in [5, 5.41) is 12.6. The number of nitrogens with zero attached hydrogens (tertiary/aromatic N) is 4. The van der Waals surface area contributed by atoms with Crippen molar-refractivity contribution in [2.75, 3.05) is 0 Å². The predicted molar refractivity (Wildman–Crippen MR) is 112 cm³/mol. The molecule has 2 aromatic carbocycles. The molecule has 2 heterocycles. The molecule has 142 valence electrons. The topological polar surface area (TPSA) is 43.6 Å². The van der Waals surface area contributed by atoms with Crippen molar-refractivity contribution in [3.63, 3.8) is 0 Å². The highest BCUT2D eigenvalue weighted by Crippen LogP contribution is 2.28. The highest BCUT2D eigenvalue weighted by atomic mass is 32.2. The van der Waals surface area contributed by atoms with Crippen LogP contribution in [0.25, 0.3) is 10.6 Å². The lowest BCUT2D eigenvalue weighted by Crippen LogP contribution is -2.04. The van der Waals surface area contributed by atoms with Crippen LogP contribution < -0.4 is 0 Å². The lowest BCUT2D eigenvalue weighted by Gasteiger charge is -2.07. The van der Waals surface area contributed by atoms with Crippen molar-refractivity contribution in [1.82, 2.24) is 19.7 Å². The smallest absolute Gasteiger partial charge is 0.191 e. The fraction of sp³-hybridized carbons (Fsp3) is 0.190. The number of rotatable bonds is 7. The third-order valence-corrected chi connectivity index (χ3v) is 6.25. The van der Waals surface area contributed by atoms with Crippen LogP contribution in [-0.2, 0) is 18.7 Å². The molecule has 0 saturated carbocycles. The summed E-state index contributed by atoms with van der Waals surface area (Å²) < 4.78 is 15.2. The van der Waals surface area contributed by atoms with Gasteiger partial charge in [0.15, 0.2) is 5.16 Å². The average molecular weight is 411 g/mol. The number of thiazole rings is 1. The number of halogens is 1. The van der Waals surface area contributed by atoms with Crippen molar-refractivity contribution < 1.29 is 4.39 Å². The van der Waals surface area contributed by atoms with Crippen LogP contribution in [0.3, 0.4) is 0 Å². The lowest BCUT2D eigenvalue weighted by molar-refractivity contribution is 0.628. The molecule has 28 heavy (non-hydrogen) atoms. The van der Waals surface area contributed by atoms with Crippen LogP contribution in [0, 0.1) is 5.82 Å². The maximum atomic E-state index is 13.1. The van der Waals surface area contributed by atoms with Crippen LogP contribution in [0.5, 0.6) is 0 Å². The highest BCUT2D eigenvalue weighted by molar-refractivity contribution is 7.98. The Morgan fingerprint density at radius 2 is 1.82 bits per heavy atom. The standard InChI is InChI=1S/C21H19FN4S2/c1-2-26-19(12-15-6-4-3-5-7-15)24-25-21(26)28-14-18-13-27-20(23-18)16-8-10-17(22)11-9-16/h3-11,13H,2,12,14H2,1H3. The molecule has 0 aliphatic carbocycles. The van der Waals surface area contributed by atoms with E-state index in [1.807, 2.05) is 23.6 Å². The number of aromatic nitrogens is 4. The third kappa shape index (κ3) is 4.31. The van der Waals surface area contributed by atoms with Gasteiger partial charge in [0.2, 0.25) is 0 Å². The molecule has 0 aliphatic rings. The van der Waals surface area contributed by atoms with Gasteiger partial charge >= 0.3 is 0 Å². The van der Waals surface area contributed by atoms with Gasteiger partial charge in [-0.3, -0.25) is 0 Å². The van der Waals surface area contributed by atoms with E-state index in [1.165, 1.54) is 17.7 Å². The quantitative estimate of drug-likeness (QED) is 0.380. The summed E-state index contributed by atoms with van der Waals surface area (Å²) in [4.78, 5) is 4.67. The monoisotopic (exact) mass is 410 g/mol. The number of hydrogen-bond donors (Lipinski definition) is 0. The molecule has 0 bridgehead atoms. The molecule has 4 nitrogen and oxygen atoms in total. The Balaban J connectivity index is 1.44. The minimum atomic E-state index is -0.235. The Morgan fingerprint density at radius 3 is 2.57 bits per heavy atom. The van der Waals surface area contributed by atoms with Crippen molar-refractivity contribution in [2.24, 2.45) is 0 Å². The summed E-state index contributed by atoms with van der Waals surface area (Å²) >= 11 is 3.21. The first-order chi connectivity index (χ1) is 13.7. The van der Waals surface area contributed by atoms with Gasteiger partial charge < -0.3 is 4.57 Å². The molecule has 0 saturated heterocycles. The van der Waals surface area contributed by atoms with Crippen LogP contribution in [-0.4, -0.2) is 19.7 Å². The van der Waals surface area contributed by atoms with E-state index in [2.05, 4.69) is 38.8 Å². The zero-order valence-corrected chi connectivity index (χ0v) is 17.0. The Bertz CT molecular complexity index is 1040. The second-order valence-corrected chi connectivity index (χ2v) is 8.05. The maximum absolute atomic E-state index is 13.1. The molecular formula is C21H19FN4S2. The fourth-order valence-electron chi connectivity index (χ4n) is 2.89. The molecule has 0 spiro atoms. The minimum absolute atomic E-state index is 0.235. The SMILES string of the molecule is CCn1c(Cc2ccccc2)nnc1SCc1csc(-c2ccc(F)cc2)n1. The van der Waals surface area contributed by atoms with Crippen molar-refractivity contribution in [3.8, 4) is 10.6 Å². The molecule has 0 fully saturated rings. The first kappa shape index (κ1) is 18.8. The largest absolute Gasteiger partial charge is 0.306 e. The molecule has 4 rings (SSSR count). The molecule has 4 aromatic rings. The summed E-state index contributed by atoms with van der Waals surface area (Å²) in [6.07, 6.45) is 0.771. The normalized spacial score (nSPS) is 11.1. The van der Waals surface area contributed by atoms with Gasteiger partial charge in [0, 0.05) is 29.7 Å². The summed E-state index contributed by atoms with van der Waals surface area (Å²) in [6, 6.07) is 16.7. The molecule has 2 aromatic heterocycles. The van der Waals surface area contributed by atoms with E-state index in [-0.39, 0.29) is 5.82 Å². The molecule has 0 amide bonds. The highest BCUT2D eigenvalue weighted by Gasteiger charge is 2.13. The summed E-state index contributed by atoms with van der Waals surface area (Å²) in [5.41, 5.74) is 3.15. The molecule has 0 radical (unpaired) electrons. The first-order valence-electron chi connectivity index (χ1n) is 9.02. The van der Waals surface area contributed by atoms with Gasteiger partial charge in [0.1, 0.15) is 16.6 Å². The van der Waals surface area contributed by atoms with Gasteiger partial charge in [-0.05, 0) is 36.8 Å². The minimum Gasteiger partial charge on any atom is -0.306 e. The van der Waals surface area contributed by atoms with Gasteiger partial charge in [-0.1, -0.05) is 42.1 Å². The number of benzene rings is 2. The summed E-state index contributed by atoms with van der Waals surface area (Å²) in [7, 11) is 0. The van der Waals surface area contributed by atoms with Crippen molar-refractivity contribution in [2.45, 2.75) is 30.8 Å². The van der Waals surface area contributed by atoms with Gasteiger partial charge in [-0.2, -0.15) is 0 Å². The predicted octanol–water partition coefficient (Wildman–Crippen LogP) is 5.44. The van der Waals surface area contributed by atoms with E-state index in [4.69, 9.17) is 0 Å². The van der Waals surface area contributed by atoms with E-state index >= 15 is 0 Å². The Hall–Kier alpha value is -2.51. The zero-order valence-electron chi connectivity index (χ0n) is 15.4. The first-order valence-corrected chi connectivity index (χ1v) is 10.9. The zero-order chi connectivity index (χ0) is 19.3. The lowest BCUT2D eigenvalue weighted by atomic mass is 10.1. The van der Waals surface area contributed by atoms with Gasteiger partial charge in [-0.25, -0.2) is 9.37 Å². The van der Waals surface area contributed by atoms with Gasteiger partial charge in [0.25, 0.3) is 0 Å². The summed E-state index contributed by atoms with van der Waals surface area (Å²) in [5.74, 6) is 1.46. The summed E-state index contributed by atoms with van der Waals surface area (Å²) in [6.45, 7) is 2.94. The van der Waals surface area contributed by atoms with Crippen molar-refractivity contribution in [3.05, 3.63) is 82.9 Å². The van der Waals surface area contributed by atoms with Gasteiger partial charge in [0.05, 0.1) is 5.69 Å². The van der Waals surface area contributed by atoms with E-state index < -0.39 is 0 Å². The Morgan fingerprint density at radius 1 is 1.04 bits per heavy atom. The van der Waals surface area contributed by atoms with Crippen LogP contribution in [0.1, 0.15) is 24.0 Å². The fourth-order valence-corrected chi connectivity index (χ4v) is 4.73. The number of thioether (sulfide) groups is 1. The van der Waals surface area contributed by atoms with Crippen LogP contribution in [0.15, 0.2) is 65.1 Å². The van der Waals surface area contributed by atoms with E-state index in [1.54, 1.807) is 35.2 Å². The molecule has 0 atom stereocenters. The Labute approximate surface area is 171 Å². The second kappa shape index (κ2) is 8.67. The molecule has 0 N–H and O–H groups in total.